The number of hydrogen-bond acceptors (Lipinski definition) is 3. The Morgan fingerprint density at radius 2 is 1.95 bits per heavy atom. The summed E-state index contributed by atoms with van der Waals surface area (Å²) in [5.74, 6) is -0.268. The van der Waals surface area contributed by atoms with Crippen molar-refractivity contribution in [3.05, 3.63) is 40.1 Å². The second-order valence-electron chi connectivity index (χ2n) is 4.12. The summed E-state index contributed by atoms with van der Waals surface area (Å²) < 4.78 is 19.2. The topological polar surface area (TPSA) is 38.8 Å². The molecular formula is C14H13BrFNO3. The Balaban J connectivity index is 2.72. The number of benzene rings is 2. The third kappa shape index (κ3) is 2.48. The van der Waals surface area contributed by atoms with Crippen molar-refractivity contribution >= 4 is 32.6 Å². The van der Waals surface area contributed by atoms with Gasteiger partial charge in [-0.25, -0.2) is 9.45 Å². The summed E-state index contributed by atoms with van der Waals surface area (Å²) in [5.41, 5.74) is 0.380. The van der Waals surface area contributed by atoms with E-state index in [4.69, 9.17) is 9.57 Å². The Morgan fingerprint density at radius 1 is 1.25 bits per heavy atom. The van der Waals surface area contributed by atoms with E-state index in [1.165, 1.54) is 33.4 Å². The van der Waals surface area contributed by atoms with E-state index in [2.05, 4.69) is 15.9 Å². The van der Waals surface area contributed by atoms with Gasteiger partial charge in [0.05, 0.1) is 19.8 Å². The third-order valence-electron chi connectivity index (χ3n) is 3.01. The first kappa shape index (κ1) is 14.7. The molecule has 2 aromatic rings. The van der Waals surface area contributed by atoms with Crippen molar-refractivity contribution in [3.63, 3.8) is 0 Å². The molecule has 0 unspecified atom stereocenters. The smallest absolute Gasteiger partial charge is 0.278 e. The number of methoxy groups -OCH3 is 1. The molecule has 106 valence electrons. The van der Waals surface area contributed by atoms with Crippen LogP contribution >= 0.6 is 15.9 Å². The average Bonchev–Trinajstić information content (AvgIpc) is 2.46. The maximum atomic E-state index is 13.4. The molecule has 0 aromatic heterocycles. The molecule has 0 spiro atoms. The number of carbonyl (C=O) groups excluding carboxylic acids is 1. The molecule has 0 fully saturated rings. The average molecular weight is 342 g/mol. The molecule has 0 aliphatic rings. The highest BCUT2D eigenvalue weighted by atomic mass is 79.9. The zero-order valence-corrected chi connectivity index (χ0v) is 12.8. The molecule has 0 saturated heterocycles. The van der Waals surface area contributed by atoms with Gasteiger partial charge in [-0.15, -0.1) is 0 Å². The summed E-state index contributed by atoms with van der Waals surface area (Å²) >= 11 is 3.39. The highest BCUT2D eigenvalue weighted by Crippen LogP contribution is 2.35. The molecule has 0 N–H and O–H groups in total. The van der Waals surface area contributed by atoms with E-state index in [0.717, 1.165) is 5.06 Å². The third-order valence-corrected chi connectivity index (χ3v) is 3.86. The normalized spacial score (nSPS) is 10.7. The van der Waals surface area contributed by atoms with Crippen LogP contribution in [-0.2, 0) is 4.84 Å². The van der Waals surface area contributed by atoms with Crippen LogP contribution in [0.3, 0.4) is 0 Å². The van der Waals surface area contributed by atoms with Gasteiger partial charge in [-0.1, -0.05) is 6.07 Å². The van der Waals surface area contributed by atoms with Crippen molar-refractivity contribution in [3.8, 4) is 5.75 Å². The van der Waals surface area contributed by atoms with Crippen LogP contribution in [0.1, 0.15) is 10.4 Å². The molecule has 6 heteroatoms. The molecule has 0 radical (unpaired) electrons. The fourth-order valence-electron chi connectivity index (χ4n) is 1.91. The lowest BCUT2D eigenvalue weighted by molar-refractivity contribution is -0.0757. The molecule has 0 atom stereocenters. The lowest BCUT2D eigenvalue weighted by atomic mass is 10.0. The first-order valence-electron chi connectivity index (χ1n) is 5.77. The molecule has 0 saturated carbocycles. The Bertz CT molecular complexity index is 675. The van der Waals surface area contributed by atoms with Crippen LogP contribution in [0.4, 0.5) is 4.39 Å². The summed E-state index contributed by atoms with van der Waals surface area (Å²) in [7, 11) is 4.39. The van der Waals surface area contributed by atoms with Crippen molar-refractivity contribution in [2.24, 2.45) is 0 Å². The van der Waals surface area contributed by atoms with Crippen LogP contribution < -0.4 is 4.74 Å². The Hall–Kier alpha value is -1.66. The predicted octanol–water partition coefficient (Wildman–Crippen LogP) is 3.38. The van der Waals surface area contributed by atoms with Crippen molar-refractivity contribution in [2.75, 3.05) is 21.3 Å². The van der Waals surface area contributed by atoms with Gasteiger partial charge in [-0.2, -0.15) is 0 Å². The number of ether oxygens (including phenoxy) is 1. The van der Waals surface area contributed by atoms with E-state index in [9.17, 15) is 9.18 Å². The van der Waals surface area contributed by atoms with Gasteiger partial charge >= 0.3 is 0 Å². The molecule has 0 heterocycles. The molecular weight excluding hydrogens is 329 g/mol. The first-order chi connectivity index (χ1) is 9.49. The zero-order valence-electron chi connectivity index (χ0n) is 11.2. The van der Waals surface area contributed by atoms with Crippen molar-refractivity contribution < 1.29 is 18.8 Å². The minimum atomic E-state index is -0.365. The van der Waals surface area contributed by atoms with Crippen LogP contribution in [0.15, 0.2) is 28.7 Å². The van der Waals surface area contributed by atoms with Gasteiger partial charge in [-0.3, -0.25) is 9.63 Å². The van der Waals surface area contributed by atoms with Crippen molar-refractivity contribution in [1.82, 2.24) is 5.06 Å². The highest BCUT2D eigenvalue weighted by molar-refractivity contribution is 9.10. The Morgan fingerprint density at radius 3 is 2.55 bits per heavy atom. The fraction of sp³-hybridized carbons (Fsp3) is 0.214. The highest BCUT2D eigenvalue weighted by Gasteiger charge is 2.19. The number of carbonyl (C=O) groups is 1. The van der Waals surface area contributed by atoms with Crippen LogP contribution in [0.5, 0.6) is 5.75 Å². The minimum absolute atomic E-state index is 0.330. The number of rotatable bonds is 3. The summed E-state index contributed by atoms with van der Waals surface area (Å²) in [4.78, 5) is 17.1. The van der Waals surface area contributed by atoms with E-state index in [1.54, 1.807) is 12.1 Å². The van der Waals surface area contributed by atoms with Crippen molar-refractivity contribution in [2.45, 2.75) is 0 Å². The van der Waals surface area contributed by atoms with E-state index in [-0.39, 0.29) is 11.7 Å². The zero-order chi connectivity index (χ0) is 14.9. The van der Waals surface area contributed by atoms with Gasteiger partial charge in [0, 0.05) is 22.3 Å². The second-order valence-corrected chi connectivity index (χ2v) is 4.91. The summed E-state index contributed by atoms with van der Waals surface area (Å²) in [6, 6.07) is 5.86. The summed E-state index contributed by atoms with van der Waals surface area (Å²) in [6.07, 6.45) is 0. The van der Waals surface area contributed by atoms with Gasteiger partial charge < -0.3 is 4.74 Å². The molecule has 0 aliphatic heterocycles. The fourth-order valence-corrected chi connectivity index (χ4v) is 2.54. The molecule has 0 aliphatic carbocycles. The molecule has 2 aromatic carbocycles. The van der Waals surface area contributed by atoms with Crippen LogP contribution in [0, 0.1) is 5.82 Å². The SMILES string of the molecule is COc1cc(C(=O)N(C)OC)c(Br)c2ccc(F)cc12. The summed E-state index contributed by atoms with van der Waals surface area (Å²) in [6.45, 7) is 0. The van der Waals surface area contributed by atoms with Crippen molar-refractivity contribution in [1.29, 1.82) is 0 Å². The Kier molecular flexibility index (Phi) is 4.25. The number of hydrogen-bond donors (Lipinski definition) is 0. The molecule has 2 rings (SSSR count). The number of hydroxylamine groups is 2. The number of fused-ring (bicyclic) bond motifs is 1. The number of nitrogens with zero attached hydrogens (tertiary/aromatic N) is 1. The Labute approximate surface area is 124 Å². The largest absolute Gasteiger partial charge is 0.496 e. The van der Waals surface area contributed by atoms with Gasteiger partial charge in [-0.05, 0) is 34.1 Å². The van der Waals surface area contributed by atoms with E-state index in [1.807, 2.05) is 0 Å². The quantitative estimate of drug-likeness (QED) is 0.803. The lowest BCUT2D eigenvalue weighted by Crippen LogP contribution is -2.25. The molecule has 4 nitrogen and oxygen atoms in total. The minimum Gasteiger partial charge on any atom is -0.496 e. The van der Waals surface area contributed by atoms with Gasteiger partial charge in [0.25, 0.3) is 5.91 Å². The van der Waals surface area contributed by atoms with Gasteiger partial charge in [0.2, 0.25) is 0 Å². The summed E-state index contributed by atoms with van der Waals surface area (Å²) in [5, 5.41) is 2.39. The van der Waals surface area contributed by atoms with E-state index >= 15 is 0 Å². The predicted molar refractivity (Wildman–Crippen MR) is 77.3 cm³/mol. The standard InChI is InChI=1S/C14H13BrFNO3/c1-17(20-3)14(18)11-7-12(19-2)10-6-8(16)4-5-9(10)13(11)15/h4-7H,1-3H3. The van der Waals surface area contributed by atoms with Crippen LogP contribution in [0.25, 0.3) is 10.8 Å². The molecule has 20 heavy (non-hydrogen) atoms. The van der Waals surface area contributed by atoms with E-state index in [0.29, 0.717) is 26.6 Å². The monoisotopic (exact) mass is 341 g/mol. The second kappa shape index (κ2) is 5.76. The van der Waals surface area contributed by atoms with Crippen LogP contribution in [-0.4, -0.2) is 32.2 Å². The maximum absolute atomic E-state index is 13.4. The van der Waals surface area contributed by atoms with Crippen LogP contribution in [0.2, 0.25) is 0 Å². The molecule has 0 bridgehead atoms. The van der Waals surface area contributed by atoms with Gasteiger partial charge in [0.15, 0.2) is 0 Å². The van der Waals surface area contributed by atoms with E-state index < -0.39 is 0 Å². The first-order valence-corrected chi connectivity index (χ1v) is 6.56. The lowest BCUT2D eigenvalue weighted by Gasteiger charge is -2.17. The number of halogens is 2. The maximum Gasteiger partial charge on any atom is 0.278 e. The number of amides is 1. The molecule has 1 amide bonds. The van der Waals surface area contributed by atoms with Gasteiger partial charge in [0.1, 0.15) is 11.6 Å².